The third kappa shape index (κ3) is 4.62. The van der Waals surface area contributed by atoms with Crippen LogP contribution in [0.1, 0.15) is 16.8 Å². The lowest BCUT2D eigenvalue weighted by atomic mass is 10.2. The molecule has 132 valence electrons. The molecule has 0 unspecified atom stereocenters. The lowest BCUT2D eigenvalue weighted by molar-refractivity contribution is -0.274. The lowest BCUT2D eigenvalue weighted by Crippen LogP contribution is -2.31. The fourth-order valence-electron chi connectivity index (χ4n) is 2.63. The maximum atomic E-state index is 12.5. The van der Waals surface area contributed by atoms with Crippen LogP contribution in [-0.4, -0.2) is 41.3 Å². The second-order valence-electron chi connectivity index (χ2n) is 5.54. The van der Waals surface area contributed by atoms with E-state index in [0.717, 1.165) is 12.1 Å². The molecule has 0 bridgehead atoms. The zero-order valence-electron chi connectivity index (χ0n) is 13.1. The van der Waals surface area contributed by atoms with Gasteiger partial charge in [-0.05, 0) is 30.3 Å². The smallest absolute Gasteiger partial charge is 0.488 e. The molecule has 0 saturated carbocycles. The van der Waals surface area contributed by atoms with Crippen LogP contribution in [-0.2, 0) is 0 Å². The standard InChI is InChI=1S/C17H15F3N2O3/c18-17(19,20)25-14-3-1-2-12(10-14)16(23)22-9-6-15(11-22)24-13-4-7-21-8-5-13/h1-5,7-8,10,15H,6,9,11H2/t15-/m1/s1. The molecule has 0 spiro atoms. The summed E-state index contributed by atoms with van der Waals surface area (Å²) in [5.41, 5.74) is 0.145. The Labute approximate surface area is 142 Å². The van der Waals surface area contributed by atoms with Gasteiger partial charge in [0.15, 0.2) is 0 Å². The van der Waals surface area contributed by atoms with E-state index in [1.807, 2.05) is 0 Å². The summed E-state index contributed by atoms with van der Waals surface area (Å²) in [5.74, 6) is -0.106. The van der Waals surface area contributed by atoms with E-state index in [-0.39, 0.29) is 17.6 Å². The molecule has 1 aromatic carbocycles. The molecule has 2 heterocycles. The van der Waals surface area contributed by atoms with Crippen LogP contribution in [0.25, 0.3) is 0 Å². The van der Waals surface area contributed by atoms with Gasteiger partial charge >= 0.3 is 6.36 Å². The van der Waals surface area contributed by atoms with Crippen molar-refractivity contribution in [2.24, 2.45) is 0 Å². The first-order valence-electron chi connectivity index (χ1n) is 7.62. The molecule has 5 nitrogen and oxygen atoms in total. The van der Waals surface area contributed by atoms with Crippen molar-refractivity contribution in [2.45, 2.75) is 18.9 Å². The number of benzene rings is 1. The molecule has 2 aromatic rings. The summed E-state index contributed by atoms with van der Waals surface area (Å²) in [6.07, 6.45) is -1.09. The molecule has 1 saturated heterocycles. The molecule has 1 amide bonds. The number of pyridine rings is 1. The van der Waals surface area contributed by atoms with Gasteiger partial charge in [-0.25, -0.2) is 0 Å². The minimum absolute atomic E-state index is 0.145. The molecule has 8 heteroatoms. The van der Waals surface area contributed by atoms with Gasteiger partial charge in [-0.2, -0.15) is 0 Å². The average Bonchev–Trinajstić information content (AvgIpc) is 3.02. The average molecular weight is 352 g/mol. The van der Waals surface area contributed by atoms with E-state index in [0.29, 0.717) is 25.3 Å². The fraction of sp³-hybridized carbons (Fsp3) is 0.294. The number of amides is 1. The molecular formula is C17H15F3N2O3. The maximum Gasteiger partial charge on any atom is 0.573 e. The van der Waals surface area contributed by atoms with Gasteiger partial charge in [0.05, 0.1) is 6.54 Å². The first kappa shape index (κ1) is 17.1. The third-order valence-electron chi connectivity index (χ3n) is 3.70. The lowest BCUT2D eigenvalue weighted by Gasteiger charge is -2.18. The normalized spacial score (nSPS) is 17.4. The van der Waals surface area contributed by atoms with E-state index < -0.39 is 12.1 Å². The Morgan fingerprint density at radius 3 is 2.64 bits per heavy atom. The van der Waals surface area contributed by atoms with Crippen molar-refractivity contribution in [1.29, 1.82) is 0 Å². The summed E-state index contributed by atoms with van der Waals surface area (Å²) >= 11 is 0. The van der Waals surface area contributed by atoms with Crippen LogP contribution in [0.3, 0.4) is 0 Å². The topological polar surface area (TPSA) is 51.7 Å². The van der Waals surface area contributed by atoms with Crippen molar-refractivity contribution >= 4 is 5.91 Å². The fourth-order valence-corrected chi connectivity index (χ4v) is 2.63. The Kier molecular flexibility index (Phi) is 4.78. The number of alkyl halides is 3. The molecule has 3 rings (SSSR count). The van der Waals surface area contributed by atoms with Crippen LogP contribution in [0.5, 0.6) is 11.5 Å². The van der Waals surface area contributed by atoms with Gasteiger partial charge in [0, 0.05) is 30.9 Å². The summed E-state index contributed by atoms with van der Waals surface area (Å²) in [4.78, 5) is 17.9. The number of hydrogen-bond acceptors (Lipinski definition) is 4. The highest BCUT2D eigenvalue weighted by molar-refractivity contribution is 5.94. The van der Waals surface area contributed by atoms with Gasteiger partial charge in [0.25, 0.3) is 5.91 Å². The van der Waals surface area contributed by atoms with Crippen LogP contribution in [0, 0.1) is 0 Å². The third-order valence-corrected chi connectivity index (χ3v) is 3.70. The Morgan fingerprint density at radius 2 is 1.92 bits per heavy atom. The molecule has 0 aliphatic carbocycles. The second-order valence-corrected chi connectivity index (χ2v) is 5.54. The van der Waals surface area contributed by atoms with E-state index in [9.17, 15) is 18.0 Å². The van der Waals surface area contributed by atoms with E-state index in [4.69, 9.17) is 4.74 Å². The molecule has 1 aromatic heterocycles. The van der Waals surface area contributed by atoms with Crippen molar-refractivity contribution in [3.05, 3.63) is 54.4 Å². The van der Waals surface area contributed by atoms with Gasteiger partial charge < -0.3 is 14.4 Å². The number of ether oxygens (including phenoxy) is 2. The Balaban J connectivity index is 1.63. The van der Waals surface area contributed by atoms with Crippen LogP contribution in [0.15, 0.2) is 48.8 Å². The second kappa shape index (κ2) is 7.00. The number of likely N-dealkylation sites (tertiary alicyclic amines) is 1. The first-order valence-corrected chi connectivity index (χ1v) is 7.62. The summed E-state index contributed by atoms with van der Waals surface area (Å²) in [6.45, 7) is 0.838. The number of aromatic nitrogens is 1. The number of rotatable bonds is 4. The summed E-state index contributed by atoms with van der Waals surface area (Å²) < 4.78 is 46.5. The number of hydrogen-bond donors (Lipinski definition) is 0. The highest BCUT2D eigenvalue weighted by Crippen LogP contribution is 2.25. The number of nitrogens with zero attached hydrogens (tertiary/aromatic N) is 2. The Bertz CT molecular complexity index is 737. The van der Waals surface area contributed by atoms with Crippen LogP contribution in [0.2, 0.25) is 0 Å². The minimum Gasteiger partial charge on any atom is -0.488 e. The van der Waals surface area contributed by atoms with E-state index >= 15 is 0 Å². The quantitative estimate of drug-likeness (QED) is 0.847. The molecule has 25 heavy (non-hydrogen) atoms. The highest BCUT2D eigenvalue weighted by Gasteiger charge is 2.32. The summed E-state index contributed by atoms with van der Waals surface area (Å²) in [7, 11) is 0. The number of carbonyl (C=O) groups excluding carboxylic acids is 1. The van der Waals surface area contributed by atoms with Crippen molar-refractivity contribution in [2.75, 3.05) is 13.1 Å². The first-order chi connectivity index (χ1) is 11.9. The zero-order chi connectivity index (χ0) is 17.9. The molecule has 0 radical (unpaired) electrons. The molecule has 1 fully saturated rings. The molecule has 1 aliphatic heterocycles. The van der Waals surface area contributed by atoms with Gasteiger partial charge in [-0.1, -0.05) is 6.07 Å². The Morgan fingerprint density at radius 1 is 1.16 bits per heavy atom. The molecular weight excluding hydrogens is 337 g/mol. The predicted molar refractivity (Wildman–Crippen MR) is 82.3 cm³/mol. The van der Waals surface area contributed by atoms with Crippen LogP contribution < -0.4 is 9.47 Å². The monoisotopic (exact) mass is 352 g/mol. The predicted octanol–water partition coefficient (Wildman–Crippen LogP) is 3.27. The van der Waals surface area contributed by atoms with Crippen molar-refractivity contribution < 1.29 is 27.4 Å². The highest BCUT2D eigenvalue weighted by atomic mass is 19.4. The zero-order valence-corrected chi connectivity index (χ0v) is 13.1. The Hall–Kier alpha value is -2.77. The maximum absolute atomic E-state index is 12.5. The van der Waals surface area contributed by atoms with Crippen molar-refractivity contribution in [3.63, 3.8) is 0 Å². The molecule has 1 atom stereocenters. The van der Waals surface area contributed by atoms with Crippen LogP contribution in [0.4, 0.5) is 13.2 Å². The van der Waals surface area contributed by atoms with E-state index in [1.54, 1.807) is 29.4 Å². The van der Waals surface area contributed by atoms with Gasteiger partial charge in [0.2, 0.25) is 0 Å². The summed E-state index contributed by atoms with van der Waals surface area (Å²) in [6, 6.07) is 8.51. The van der Waals surface area contributed by atoms with E-state index in [2.05, 4.69) is 9.72 Å². The van der Waals surface area contributed by atoms with Crippen molar-refractivity contribution in [3.8, 4) is 11.5 Å². The van der Waals surface area contributed by atoms with E-state index in [1.165, 1.54) is 12.1 Å². The molecule has 1 aliphatic rings. The summed E-state index contributed by atoms with van der Waals surface area (Å²) in [5, 5.41) is 0. The van der Waals surface area contributed by atoms with Crippen LogP contribution >= 0.6 is 0 Å². The number of carbonyl (C=O) groups is 1. The van der Waals surface area contributed by atoms with Gasteiger partial charge in [-0.15, -0.1) is 13.2 Å². The largest absolute Gasteiger partial charge is 0.573 e. The van der Waals surface area contributed by atoms with Gasteiger partial charge in [0.1, 0.15) is 17.6 Å². The van der Waals surface area contributed by atoms with Gasteiger partial charge in [-0.3, -0.25) is 9.78 Å². The molecule has 0 N–H and O–H groups in total. The SMILES string of the molecule is O=C(c1cccc(OC(F)(F)F)c1)N1CC[C@@H](Oc2ccncc2)C1. The number of halogens is 3. The van der Waals surface area contributed by atoms with Crippen molar-refractivity contribution in [1.82, 2.24) is 9.88 Å². The minimum atomic E-state index is -4.79.